The van der Waals surface area contributed by atoms with Crippen LogP contribution in [0.1, 0.15) is 12.5 Å². The van der Waals surface area contributed by atoms with E-state index in [1.165, 1.54) is 17.8 Å². The van der Waals surface area contributed by atoms with Crippen LogP contribution in [-0.2, 0) is 25.6 Å². The van der Waals surface area contributed by atoms with Gasteiger partial charge in [-0.05, 0) is 30.7 Å². The van der Waals surface area contributed by atoms with Crippen molar-refractivity contribution in [1.82, 2.24) is 4.57 Å². The summed E-state index contributed by atoms with van der Waals surface area (Å²) in [5, 5.41) is 0. The summed E-state index contributed by atoms with van der Waals surface area (Å²) in [4.78, 5) is 36.0. The molecule has 26 heavy (non-hydrogen) atoms. The maximum absolute atomic E-state index is 12.7. The molecule has 138 valence electrons. The number of carbonyl (C=O) groups excluding carboxylic acids is 2. The largest absolute Gasteiger partial charge is 0.497 e. The van der Waals surface area contributed by atoms with Crippen molar-refractivity contribution < 1.29 is 23.8 Å². The molecule has 0 fully saturated rings. The smallest absolute Gasteiger partial charge is 0.333 e. The fourth-order valence-corrected chi connectivity index (χ4v) is 3.18. The van der Waals surface area contributed by atoms with Crippen LogP contribution in [0.4, 0.5) is 0 Å². The summed E-state index contributed by atoms with van der Waals surface area (Å²) in [7, 11) is 2.79. The average Bonchev–Trinajstić information content (AvgIpc) is 2.90. The first-order valence-electron chi connectivity index (χ1n) is 7.79. The van der Waals surface area contributed by atoms with E-state index in [9.17, 15) is 14.4 Å². The number of methoxy groups -OCH3 is 2. The molecule has 1 heterocycles. The molecule has 2 rings (SSSR count). The van der Waals surface area contributed by atoms with Crippen molar-refractivity contribution in [2.75, 3.05) is 20.8 Å². The Morgan fingerprint density at radius 1 is 1.27 bits per heavy atom. The number of rotatable bonds is 6. The molecule has 0 unspecified atom stereocenters. The van der Waals surface area contributed by atoms with Crippen LogP contribution in [0.15, 0.2) is 29.1 Å². The normalized spacial score (nSPS) is 12.1. The average molecular weight is 377 g/mol. The fraction of sp³-hybridized carbons (Fsp3) is 0.278. The number of carbonyl (C=O) groups is 2. The number of aromatic nitrogens is 1. The van der Waals surface area contributed by atoms with Crippen molar-refractivity contribution in [3.63, 3.8) is 0 Å². The van der Waals surface area contributed by atoms with E-state index in [1.54, 1.807) is 38.3 Å². The monoisotopic (exact) mass is 377 g/mol. The minimum Gasteiger partial charge on any atom is -0.497 e. The Labute approximate surface area is 153 Å². The quantitative estimate of drug-likeness (QED) is 0.672. The first-order chi connectivity index (χ1) is 12.5. The summed E-state index contributed by atoms with van der Waals surface area (Å²) in [5.74, 6) is -0.514. The Morgan fingerprint density at radius 3 is 2.69 bits per heavy atom. The molecular formula is C18H19NO6S. The van der Waals surface area contributed by atoms with Crippen LogP contribution in [0.25, 0.3) is 12.2 Å². The van der Waals surface area contributed by atoms with Gasteiger partial charge in [0.25, 0.3) is 5.56 Å². The second-order valence-electron chi connectivity index (χ2n) is 5.09. The van der Waals surface area contributed by atoms with Crippen molar-refractivity contribution in [2.24, 2.45) is 0 Å². The van der Waals surface area contributed by atoms with Gasteiger partial charge in [-0.1, -0.05) is 12.1 Å². The molecule has 2 aromatic rings. The van der Waals surface area contributed by atoms with Crippen LogP contribution in [0.5, 0.6) is 5.75 Å². The van der Waals surface area contributed by atoms with Crippen LogP contribution in [0.3, 0.4) is 0 Å². The Morgan fingerprint density at radius 2 is 2.04 bits per heavy atom. The van der Waals surface area contributed by atoms with Gasteiger partial charge in [-0.15, -0.1) is 11.3 Å². The van der Waals surface area contributed by atoms with E-state index in [0.29, 0.717) is 14.9 Å². The Hall–Kier alpha value is -2.87. The van der Waals surface area contributed by atoms with E-state index < -0.39 is 17.5 Å². The predicted octanol–water partition coefficient (Wildman–Crippen LogP) is 0.264. The second kappa shape index (κ2) is 9.00. The van der Waals surface area contributed by atoms with Gasteiger partial charge >= 0.3 is 11.9 Å². The minimum absolute atomic E-state index is 0.213. The lowest BCUT2D eigenvalue weighted by Gasteiger charge is -2.00. The van der Waals surface area contributed by atoms with Crippen molar-refractivity contribution in [2.45, 2.75) is 13.5 Å². The zero-order chi connectivity index (χ0) is 19.1. The van der Waals surface area contributed by atoms with Crippen molar-refractivity contribution >= 4 is 35.4 Å². The molecule has 1 aromatic heterocycles. The van der Waals surface area contributed by atoms with Crippen LogP contribution >= 0.6 is 11.3 Å². The van der Waals surface area contributed by atoms with Crippen LogP contribution in [0, 0.1) is 0 Å². The highest BCUT2D eigenvalue weighted by Crippen LogP contribution is 2.12. The minimum atomic E-state index is -0.587. The van der Waals surface area contributed by atoms with E-state index in [4.69, 9.17) is 9.47 Å². The maximum Gasteiger partial charge on any atom is 0.333 e. The molecule has 0 aliphatic heterocycles. The molecule has 0 N–H and O–H groups in total. The summed E-state index contributed by atoms with van der Waals surface area (Å²) >= 11 is 1.09. The molecule has 0 saturated carbocycles. The molecule has 8 heteroatoms. The van der Waals surface area contributed by atoms with Gasteiger partial charge in [-0.25, -0.2) is 4.79 Å². The zero-order valence-electron chi connectivity index (χ0n) is 14.7. The lowest BCUT2D eigenvalue weighted by Crippen LogP contribution is -2.34. The molecule has 0 aliphatic carbocycles. The molecule has 0 amide bonds. The van der Waals surface area contributed by atoms with Gasteiger partial charge in [0.15, 0.2) is 0 Å². The number of benzene rings is 1. The van der Waals surface area contributed by atoms with E-state index in [0.717, 1.165) is 16.9 Å². The third-order valence-corrected chi connectivity index (χ3v) is 4.43. The highest BCUT2D eigenvalue weighted by molar-refractivity contribution is 7.07. The number of esters is 2. The Bertz CT molecular complexity index is 972. The molecule has 0 bridgehead atoms. The van der Waals surface area contributed by atoms with Gasteiger partial charge in [0.2, 0.25) is 0 Å². The summed E-state index contributed by atoms with van der Waals surface area (Å²) in [5.41, 5.74) is 0.370. The lowest BCUT2D eigenvalue weighted by atomic mass is 10.2. The molecular weight excluding hydrogens is 358 g/mol. The number of ether oxygens (including phenoxy) is 3. The number of hydrogen-bond donors (Lipinski definition) is 0. The molecule has 0 spiro atoms. The highest BCUT2D eigenvalue weighted by Gasteiger charge is 2.11. The standard InChI is InChI=1S/C18H19NO6S/c1-4-25-16(20)10-15-19(11-17(21)24-3)18(22)14(26-15)9-12-6-5-7-13(8-12)23-2/h5-10H,4,11H2,1-3H3/b14-9-,15-10-. The van der Waals surface area contributed by atoms with E-state index in [2.05, 4.69) is 4.74 Å². The SMILES string of the molecule is CCOC(=O)/C=c1\s/c(=C\c2cccc(OC)c2)c(=O)n1CC(=O)OC. The van der Waals surface area contributed by atoms with Crippen LogP contribution in [-0.4, -0.2) is 37.3 Å². The summed E-state index contributed by atoms with van der Waals surface area (Å²) in [6, 6.07) is 7.19. The van der Waals surface area contributed by atoms with Crippen LogP contribution in [0.2, 0.25) is 0 Å². The van der Waals surface area contributed by atoms with Gasteiger partial charge in [0.05, 0.1) is 31.4 Å². The number of hydrogen-bond acceptors (Lipinski definition) is 7. The van der Waals surface area contributed by atoms with Gasteiger partial charge in [0, 0.05) is 0 Å². The molecule has 1 aromatic carbocycles. The number of nitrogens with zero attached hydrogens (tertiary/aromatic N) is 1. The fourth-order valence-electron chi connectivity index (χ4n) is 2.15. The molecule has 0 atom stereocenters. The van der Waals surface area contributed by atoms with Gasteiger partial charge in [0.1, 0.15) is 17.0 Å². The molecule has 7 nitrogen and oxygen atoms in total. The number of thiazole rings is 1. The first-order valence-corrected chi connectivity index (χ1v) is 8.60. The van der Waals surface area contributed by atoms with E-state index >= 15 is 0 Å². The topological polar surface area (TPSA) is 83.8 Å². The van der Waals surface area contributed by atoms with E-state index in [1.807, 2.05) is 6.07 Å². The Balaban J connectivity index is 2.60. The summed E-state index contributed by atoms with van der Waals surface area (Å²) < 4.78 is 16.6. The van der Waals surface area contributed by atoms with Gasteiger partial charge < -0.3 is 14.2 Å². The van der Waals surface area contributed by atoms with Gasteiger partial charge in [-0.2, -0.15) is 0 Å². The highest BCUT2D eigenvalue weighted by atomic mass is 32.1. The van der Waals surface area contributed by atoms with E-state index in [-0.39, 0.29) is 13.2 Å². The van der Waals surface area contributed by atoms with Gasteiger partial charge in [-0.3, -0.25) is 14.2 Å². The predicted molar refractivity (Wildman–Crippen MR) is 97.5 cm³/mol. The maximum atomic E-state index is 12.7. The molecule has 0 saturated heterocycles. The third-order valence-electron chi connectivity index (χ3n) is 3.37. The van der Waals surface area contributed by atoms with Crippen molar-refractivity contribution in [3.8, 4) is 5.75 Å². The third kappa shape index (κ3) is 4.82. The summed E-state index contributed by atoms with van der Waals surface area (Å²) in [6.45, 7) is 1.61. The first kappa shape index (κ1) is 19.5. The zero-order valence-corrected chi connectivity index (χ0v) is 15.5. The summed E-state index contributed by atoms with van der Waals surface area (Å²) in [6.07, 6.45) is 2.87. The lowest BCUT2D eigenvalue weighted by molar-refractivity contribution is -0.141. The molecule has 0 radical (unpaired) electrons. The Kier molecular flexibility index (Phi) is 6.74. The van der Waals surface area contributed by atoms with Crippen molar-refractivity contribution in [3.05, 3.63) is 49.4 Å². The molecule has 0 aliphatic rings. The van der Waals surface area contributed by atoms with Crippen molar-refractivity contribution in [1.29, 1.82) is 0 Å². The second-order valence-corrected chi connectivity index (χ2v) is 6.15. The van der Waals surface area contributed by atoms with Crippen LogP contribution < -0.4 is 19.5 Å².